The Morgan fingerprint density at radius 1 is 0.957 bits per heavy atom. The van der Waals surface area contributed by atoms with E-state index < -0.39 is 0 Å². The van der Waals surface area contributed by atoms with E-state index in [0.717, 1.165) is 21.3 Å². The number of fused-ring (bicyclic) bond motifs is 1. The first-order valence-corrected chi connectivity index (χ1v) is 9.07. The second-order valence-electron chi connectivity index (χ2n) is 5.11. The van der Waals surface area contributed by atoms with Crippen LogP contribution in [-0.4, -0.2) is 22.2 Å². The summed E-state index contributed by atoms with van der Waals surface area (Å²) in [5.74, 6) is -0.0313. The molecule has 1 fully saturated rings. The van der Waals surface area contributed by atoms with E-state index in [-0.39, 0.29) is 5.91 Å². The lowest BCUT2D eigenvalue weighted by molar-refractivity contribution is -0.121. The molecule has 2 aliphatic heterocycles. The van der Waals surface area contributed by atoms with Crippen molar-refractivity contribution in [2.75, 3.05) is 11.9 Å². The van der Waals surface area contributed by atoms with Crippen molar-refractivity contribution in [1.29, 1.82) is 0 Å². The highest BCUT2D eigenvalue weighted by Gasteiger charge is 2.37. The van der Waals surface area contributed by atoms with Crippen LogP contribution in [0.5, 0.6) is 0 Å². The van der Waals surface area contributed by atoms with E-state index in [4.69, 9.17) is 12.2 Å². The Kier molecular flexibility index (Phi) is 3.67. The summed E-state index contributed by atoms with van der Waals surface area (Å²) < 4.78 is 0.599. The number of amides is 1. The third kappa shape index (κ3) is 2.38. The summed E-state index contributed by atoms with van der Waals surface area (Å²) in [5, 5.41) is 0.930. The normalized spacial score (nSPS) is 20.4. The lowest BCUT2D eigenvalue weighted by Gasteiger charge is -2.21. The van der Waals surface area contributed by atoms with E-state index in [2.05, 4.69) is 29.2 Å². The number of para-hydroxylation sites is 2. The van der Waals surface area contributed by atoms with E-state index in [9.17, 15) is 4.79 Å². The van der Waals surface area contributed by atoms with E-state index in [1.807, 2.05) is 30.3 Å². The number of nitrogens with zero attached hydrogens (tertiary/aromatic N) is 2. The minimum Gasteiger partial charge on any atom is -0.302 e. The van der Waals surface area contributed by atoms with Crippen molar-refractivity contribution in [3.05, 3.63) is 64.5 Å². The number of rotatable bonds is 1. The third-order valence-electron chi connectivity index (χ3n) is 3.69. The van der Waals surface area contributed by atoms with Gasteiger partial charge in [-0.15, -0.1) is 0 Å². The topological polar surface area (TPSA) is 23.6 Å². The van der Waals surface area contributed by atoms with Gasteiger partial charge in [0.25, 0.3) is 5.91 Å². The van der Waals surface area contributed by atoms with Crippen LogP contribution in [0.3, 0.4) is 0 Å². The van der Waals surface area contributed by atoms with Crippen molar-refractivity contribution in [2.24, 2.45) is 0 Å². The molecular weight excluding hydrogens is 344 g/mol. The summed E-state index contributed by atoms with van der Waals surface area (Å²) >= 11 is 8.27. The SMILES string of the molecule is CN1C(=O)/C(=C2/Sc3ccccc3N2c2ccccc2)SC1=S. The molecule has 0 bridgehead atoms. The highest BCUT2D eigenvalue weighted by Crippen LogP contribution is 2.53. The Labute approximate surface area is 148 Å². The molecule has 2 aromatic carbocycles. The number of anilines is 2. The Morgan fingerprint density at radius 3 is 2.35 bits per heavy atom. The molecule has 2 aliphatic rings. The second kappa shape index (κ2) is 5.70. The number of carbonyl (C=O) groups is 1. The summed E-state index contributed by atoms with van der Waals surface area (Å²) in [6.45, 7) is 0. The molecule has 2 aromatic rings. The maximum atomic E-state index is 12.6. The monoisotopic (exact) mass is 356 g/mol. The zero-order chi connectivity index (χ0) is 16.0. The second-order valence-corrected chi connectivity index (χ2v) is 7.78. The van der Waals surface area contributed by atoms with Crippen molar-refractivity contribution in [3.63, 3.8) is 0 Å². The minimum atomic E-state index is -0.0313. The molecule has 3 nitrogen and oxygen atoms in total. The highest BCUT2D eigenvalue weighted by atomic mass is 32.2. The maximum Gasteiger partial charge on any atom is 0.268 e. The molecule has 0 saturated carbocycles. The van der Waals surface area contributed by atoms with Gasteiger partial charge in [-0.05, 0) is 24.3 Å². The zero-order valence-electron chi connectivity index (χ0n) is 12.2. The maximum absolute atomic E-state index is 12.6. The van der Waals surface area contributed by atoms with E-state index in [1.165, 1.54) is 16.7 Å². The first-order valence-electron chi connectivity index (χ1n) is 7.03. The van der Waals surface area contributed by atoms with Gasteiger partial charge >= 0.3 is 0 Å². The predicted molar refractivity (Wildman–Crippen MR) is 101 cm³/mol. The van der Waals surface area contributed by atoms with Crippen LogP contribution in [0.25, 0.3) is 0 Å². The van der Waals surface area contributed by atoms with Crippen LogP contribution >= 0.6 is 35.7 Å². The summed E-state index contributed by atoms with van der Waals surface area (Å²) in [7, 11) is 1.73. The van der Waals surface area contributed by atoms with Crippen molar-refractivity contribution in [3.8, 4) is 0 Å². The van der Waals surface area contributed by atoms with Crippen LogP contribution in [0.1, 0.15) is 0 Å². The van der Waals surface area contributed by atoms with Gasteiger partial charge in [-0.3, -0.25) is 9.69 Å². The highest BCUT2D eigenvalue weighted by molar-refractivity contribution is 8.27. The van der Waals surface area contributed by atoms with Crippen molar-refractivity contribution < 1.29 is 4.79 Å². The van der Waals surface area contributed by atoms with Crippen molar-refractivity contribution in [2.45, 2.75) is 4.90 Å². The first-order chi connectivity index (χ1) is 11.2. The molecule has 0 unspecified atom stereocenters. The van der Waals surface area contributed by atoms with Crippen LogP contribution in [-0.2, 0) is 4.79 Å². The van der Waals surface area contributed by atoms with Crippen LogP contribution in [0.4, 0.5) is 11.4 Å². The molecule has 4 rings (SSSR count). The Morgan fingerprint density at radius 2 is 1.65 bits per heavy atom. The van der Waals surface area contributed by atoms with Gasteiger partial charge in [0.05, 0.1) is 5.69 Å². The smallest absolute Gasteiger partial charge is 0.268 e. The number of hydrogen-bond acceptors (Lipinski definition) is 5. The standard InChI is InChI=1S/C17H12N2OS3/c1-18-15(20)14(23-17(18)21)16-19(11-7-3-2-4-8-11)12-9-5-6-10-13(12)22-16/h2-10H,1H3/b16-14-. The molecule has 0 atom stereocenters. The largest absolute Gasteiger partial charge is 0.302 e. The number of likely N-dealkylation sites (N-methyl/N-ethyl adjacent to an activating group) is 1. The summed E-state index contributed by atoms with van der Waals surface area (Å²) in [6.07, 6.45) is 0. The number of thioether (sulfide) groups is 2. The molecule has 0 radical (unpaired) electrons. The average Bonchev–Trinajstić information content (AvgIpc) is 3.08. The van der Waals surface area contributed by atoms with E-state index in [0.29, 0.717) is 9.23 Å². The zero-order valence-corrected chi connectivity index (χ0v) is 14.7. The number of hydrogen-bond donors (Lipinski definition) is 0. The van der Waals surface area contributed by atoms with Crippen LogP contribution in [0.15, 0.2) is 69.4 Å². The Hall–Kier alpha value is -1.76. The first kappa shape index (κ1) is 14.8. The summed E-state index contributed by atoms with van der Waals surface area (Å²) in [5.41, 5.74) is 2.14. The van der Waals surface area contributed by atoms with Crippen LogP contribution in [0, 0.1) is 0 Å². The van der Waals surface area contributed by atoms with Gasteiger partial charge in [-0.2, -0.15) is 0 Å². The average molecular weight is 356 g/mol. The fraction of sp³-hybridized carbons (Fsp3) is 0.0588. The van der Waals surface area contributed by atoms with Crippen molar-refractivity contribution in [1.82, 2.24) is 4.90 Å². The summed E-state index contributed by atoms with van der Waals surface area (Å²) in [4.78, 5) is 18.1. The third-order valence-corrected chi connectivity index (χ3v) is 6.51. The van der Waals surface area contributed by atoms with Gasteiger partial charge in [0.2, 0.25) is 0 Å². The molecule has 23 heavy (non-hydrogen) atoms. The minimum absolute atomic E-state index is 0.0313. The quantitative estimate of drug-likeness (QED) is 0.549. The van der Waals surface area contributed by atoms with Gasteiger partial charge in [0.1, 0.15) is 14.3 Å². The van der Waals surface area contributed by atoms with Crippen molar-refractivity contribution >= 4 is 57.3 Å². The number of thiocarbonyl (C=S) groups is 1. The van der Waals surface area contributed by atoms with E-state index in [1.54, 1.807) is 18.8 Å². The fourth-order valence-electron chi connectivity index (χ4n) is 2.54. The van der Waals surface area contributed by atoms with Crippen LogP contribution < -0.4 is 4.90 Å². The molecule has 0 spiro atoms. The molecule has 2 heterocycles. The Bertz CT molecular complexity index is 848. The number of benzene rings is 2. The summed E-state index contributed by atoms with van der Waals surface area (Å²) in [6, 6.07) is 18.3. The molecule has 6 heteroatoms. The number of carbonyl (C=O) groups excluding carboxylic acids is 1. The molecule has 114 valence electrons. The molecule has 0 aromatic heterocycles. The molecule has 0 aliphatic carbocycles. The van der Waals surface area contributed by atoms with Gasteiger partial charge in [-0.1, -0.05) is 66.1 Å². The molecule has 0 N–H and O–H groups in total. The predicted octanol–water partition coefficient (Wildman–Crippen LogP) is 4.59. The van der Waals surface area contributed by atoms with E-state index >= 15 is 0 Å². The van der Waals surface area contributed by atoms with Gasteiger partial charge in [-0.25, -0.2) is 0 Å². The van der Waals surface area contributed by atoms with Gasteiger partial charge in [0, 0.05) is 17.6 Å². The molecular formula is C17H12N2OS3. The lowest BCUT2D eigenvalue weighted by atomic mass is 10.2. The molecule has 1 amide bonds. The fourth-order valence-corrected chi connectivity index (χ4v) is 5.01. The van der Waals surface area contributed by atoms with Crippen LogP contribution in [0.2, 0.25) is 0 Å². The lowest BCUT2D eigenvalue weighted by Crippen LogP contribution is -2.23. The van der Waals surface area contributed by atoms with Gasteiger partial charge < -0.3 is 4.90 Å². The Balaban J connectivity index is 1.91. The van der Waals surface area contributed by atoms with Gasteiger partial charge in [0.15, 0.2) is 0 Å². The molecule has 1 saturated heterocycles.